The standard InChI is InChI=1S/C26H41NO/c1-17-14-20-21-6-7-24(28)26(21,3)12-9-22(20)25(2)11-8-18(15-23(17)25)4-5-19-10-13-27-16-19/h4-5,17-23,27H,6-16H2,1-3H3/t17-,18+,19+,20-,21-,22-,23?,25+,26-/m0/s1. The SMILES string of the molecule is C[C@H]1C[C@@H]2[C@H](CC[C@]3(C)C(=O)CC[C@@H]23)[C@@]2(C)CC[C@@H](C=C[C@@H]3CCNC3)CC12. The predicted octanol–water partition coefficient (Wildman–Crippen LogP) is 5.63. The molecule has 4 aliphatic carbocycles. The number of allylic oxidation sites excluding steroid dienone is 1. The van der Waals surface area contributed by atoms with Crippen LogP contribution in [-0.4, -0.2) is 18.9 Å². The topological polar surface area (TPSA) is 29.1 Å². The molecule has 5 rings (SSSR count). The van der Waals surface area contributed by atoms with E-state index in [2.05, 4.69) is 38.2 Å². The summed E-state index contributed by atoms with van der Waals surface area (Å²) in [5.41, 5.74) is 0.549. The monoisotopic (exact) mass is 383 g/mol. The van der Waals surface area contributed by atoms with Gasteiger partial charge >= 0.3 is 0 Å². The van der Waals surface area contributed by atoms with E-state index in [4.69, 9.17) is 0 Å². The fourth-order valence-electron chi connectivity index (χ4n) is 8.87. The first-order valence-electron chi connectivity index (χ1n) is 12.3. The summed E-state index contributed by atoms with van der Waals surface area (Å²) in [6, 6.07) is 0. The lowest BCUT2D eigenvalue weighted by atomic mass is 9.43. The maximum absolute atomic E-state index is 12.7. The summed E-state index contributed by atoms with van der Waals surface area (Å²) in [5, 5.41) is 3.50. The minimum absolute atomic E-state index is 0.0271. The number of hydrogen-bond acceptors (Lipinski definition) is 2. The molecule has 4 saturated carbocycles. The number of nitrogens with one attached hydrogen (secondary N) is 1. The van der Waals surface area contributed by atoms with E-state index < -0.39 is 0 Å². The molecule has 1 aliphatic heterocycles. The van der Waals surface area contributed by atoms with Gasteiger partial charge in [0.2, 0.25) is 0 Å². The largest absolute Gasteiger partial charge is 0.316 e. The Balaban J connectivity index is 1.33. The molecule has 28 heavy (non-hydrogen) atoms. The third-order valence-corrected chi connectivity index (χ3v) is 10.5. The van der Waals surface area contributed by atoms with Gasteiger partial charge in [-0.3, -0.25) is 4.79 Å². The number of ketones is 1. The third kappa shape index (κ3) is 2.88. The summed E-state index contributed by atoms with van der Waals surface area (Å²) in [7, 11) is 0. The second kappa shape index (κ2) is 6.96. The van der Waals surface area contributed by atoms with Crippen LogP contribution in [0.4, 0.5) is 0 Å². The van der Waals surface area contributed by atoms with E-state index in [1.807, 2.05) is 0 Å². The van der Waals surface area contributed by atoms with Crippen LogP contribution in [0.5, 0.6) is 0 Å². The predicted molar refractivity (Wildman–Crippen MR) is 115 cm³/mol. The van der Waals surface area contributed by atoms with Crippen LogP contribution in [0.2, 0.25) is 0 Å². The number of carbonyl (C=O) groups excluding carboxylic acids is 1. The first-order chi connectivity index (χ1) is 13.4. The third-order valence-electron chi connectivity index (χ3n) is 10.5. The van der Waals surface area contributed by atoms with E-state index in [0.717, 1.165) is 41.9 Å². The second-order valence-electron chi connectivity index (χ2n) is 11.8. The highest BCUT2D eigenvalue weighted by molar-refractivity contribution is 5.87. The van der Waals surface area contributed by atoms with Crippen LogP contribution >= 0.6 is 0 Å². The van der Waals surface area contributed by atoms with Gasteiger partial charge in [-0.2, -0.15) is 0 Å². The van der Waals surface area contributed by atoms with Crippen LogP contribution in [0.3, 0.4) is 0 Å². The molecule has 1 heterocycles. The van der Waals surface area contributed by atoms with Gasteiger partial charge in [-0.1, -0.05) is 32.9 Å². The molecule has 0 radical (unpaired) electrons. The Morgan fingerprint density at radius 2 is 1.75 bits per heavy atom. The van der Waals surface area contributed by atoms with Crippen molar-refractivity contribution >= 4 is 5.78 Å². The Labute approximate surface area is 172 Å². The number of Topliss-reactive ketones (excluding diaryl/α,β-unsaturated/α-hetero) is 1. The molecule has 1 N–H and O–H groups in total. The normalized spacial score (nSPS) is 53.8. The van der Waals surface area contributed by atoms with Gasteiger partial charge in [0, 0.05) is 18.4 Å². The lowest BCUT2D eigenvalue weighted by Gasteiger charge is -2.62. The van der Waals surface area contributed by atoms with Gasteiger partial charge in [-0.05, 0) is 105 Å². The van der Waals surface area contributed by atoms with Crippen LogP contribution in [0.15, 0.2) is 12.2 Å². The molecule has 0 aromatic rings. The fraction of sp³-hybridized carbons (Fsp3) is 0.885. The summed E-state index contributed by atoms with van der Waals surface area (Å²) in [6.45, 7) is 9.91. The average Bonchev–Trinajstić information content (AvgIpc) is 3.29. The highest BCUT2D eigenvalue weighted by Gasteiger charge is 2.61. The molecule has 9 atom stereocenters. The Morgan fingerprint density at radius 3 is 2.54 bits per heavy atom. The van der Waals surface area contributed by atoms with Crippen molar-refractivity contribution in [2.24, 2.45) is 52.3 Å². The van der Waals surface area contributed by atoms with E-state index in [1.165, 1.54) is 64.5 Å². The van der Waals surface area contributed by atoms with Crippen molar-refractivity contribution in [3.8, 4) is 0 Å². The van der Waals surface area contributed by atoms with Crippen LogP contribution < -0.4 is 5.32 Å². The maximum Gasteiger partial charge on any atom is 0.139 e. The first kappa shape index (κ1) is 19.3. The van der Waals surface area contributed by atoms with Crippen LogP contribution in [0.1, 0.15) is 78.6 Å². The zero-order valence-electron chi connectivity index (χ0n) is 18.4. The van der Waals surface area contributed by atoms with Crippen molar-refractivity contribution < 1.29 is 4.79 Å². The maximum atomic E-state index is 12.7. The molecule has 2 nitrogen and oxygen atoms in total. The second-order valence-corrected chi connectivity index (χ2v) is 11.8. The smallest absolute Gasteiger partial charge is 0.139 e. The van der Waals surface area contributed by atoms with Gasteiger partial charge < -0.3 is 5.32 Å². The molecule has 1 unspecified atom stereocenters. The molecule has 5 aliphatic rings. The molecular formula is C26H41NO. The Morgan fingerprint density at radius 1 is 0.929 bits per heavy atom. The van der Waals surface area contributed by atoms with Gasteiger partial charge in [0.25, 0.3) is 0 Å². The zero-order chi connectivity index (χ0) is 19.5. The van der Waals surface area contributed by atoms with E-state index in [1.54, 1.807) is 0 Å². The van der Waals surface area contributed by atoms with Gasteiger partial charge in [0.15, 0.2) is 0 Å². The highest BCUT2D eigenvalue weighted by Crippen LogP contribution is 2.67. The molecule has 0 bridgehead atoms. The van der Waals surface area contributed by atoms with Crippen molar-refractivity contribution in [2.45, 2.75) is 78.6 Å². The van der Waals surface area contributed by atoms with Crippen molar-refractivity contribution in [2.75, 3.05) is 13.1 Å². The lowest BCUT2D eigenvalue weighted by molar-refractivity contribution is -0.146. The minimum atomic E-state index is 0.0271. The van der Waals surface area contributed by atoms with Crippen LogP contribution in [-0.2, 0) is 4.79 Å². The average molecular weight is 384 g/mol. The van der Waals surface area contributed by atoms with Crippen molar-refractivity contribution in [1.82, 2.24) is 5.32 Å². The van der Waals surface area contributed by atoms with Gasteiger partial charge in [0.1, 0.15) is 5.78 Å². The molecule has 0 amide bonds. The van der Waals surface area contributed by atoms with Gasteiger partial charge in [0.05, 0.1) is 0 Å². The van der Waals surface area contributed by atoms with Gasteiger partial charge in [-0.25, -0.2) is 0 Å². The Hall–Kier alpha value is -0.630. The van der Waals surface area contributed by atoms with Crippen LogP contribution in [0, 0.1) is 52.3 Å². The van der Waals surface area contributed by atoms with E-state index in [9.17, 15) is 4.79 Å². The number of carbonyl (C=O) groups is 1. The molecule has 0 aromatic carbocycles. The quantitative estimate of drug-likeness (QED) is 0.627. The summed E-state index contributed by atoms with van der Waals surface area (Å²) in [5.74, 6) is 6.27. The van der Waals surface area contributed by atoms with E-state index >= 15 is 0 Å². The zero-order valence-corrected chi connectivity index (χ0v) is 18.4. The van der Waals surface area contributed by atoms with E-state index in [0.29, 0.717) is 17.1 Å². The van der Waals surface area contributed by atoms with Crippen molar-refractivity contribution in [1.29, 1.82) is 0 Å². The highest BCUT2D eigenvalue weighted by atomic mass is 16.1. The van der Waals surface area contributed by atoms with Gasteiger partial charge in [-0.15, -0.1) is 0 Å². The van der Waals surface area contributed by atoms with Crippen molar-refractivity contribution in [3.63, 3.8) is 0 Å². The molecule has 0 aromatic heterocycles. The summed E-state index contributed by atoms with van der Waals surface area (Å²) < 4.78 is 0. The number of fused-ring (bicyclic) bond motifs is 5. The minimum Gasteiger partial charge on any atom is -0.316 e. The first-order valence-corrected chi connectivity index (χ1v) is 12.3. The van der Waals surface area contributed by atoms with E-state index in [-0.39, 0.29) is 5.41 Å². The number of rotatable bonds is 2. The molecule has 5 fully saturated rings. The van der Waals surface area contributed by atoms with Crippen LogP contribution in [0.25, 0.3) is 0 Å². The summed E-state index contributed by atoms with van der Waals surface area (Å²) in [4.78, 5) is 12.7. The lowest BCUT2D eigenvalue weighted by Crippen LogP contribution is -2.55. The molecule has 2 heteroatoms. The molecule has 0 spiro atoms. The fourth-order valence-corrected chi connectivity index (χ4v) is 8.87. The Bertz CT molecular complexity index is 649. The summed E-state index contributed by atoms with van der Waals surface area (Å²) in [6.07, 6.45) is 16.6. The Kier molecular flexibility index (Phi) is 4.81. The summed E-state index contributed by atoms with van der Waals surface area (Å²) >= 11 is 0. The van der Waals surface area contributed by atoms with Crippen molar-refractivity contribution in [3.05, 3.63) is 12.2 Å². The molecule has 1 saturated heterocycles. The molecular weight excluding hydrogens is 342 g/mol. The molecule has 156 valence electrons. The number of hydrogen-bond donors (Lipinski definition) is 1.